The highest BCUT2D eigenvalue weighted by Gasteiger charge is 2.36. The van der Waals surface area contributed by atoms with Crippen LogP contribution in [0.15, 0.2) is 60.7 Å². The summed E-state index contributed by atoms with van der Waals surface area (Å²) in [5.74, 6) is 0. The quantitative estimate of drug-likeness (QED) is 0.576. The third-order valence-corrected chi connectivity index (χ3v) is 6.44. The summed E-state index contributed by atoms with van der Waals surface area (Å²) in [4.78, 5) is 0. The Morgan fingerprint density at radius 3 is 1.42 bits per heavy atom. The van der Waals surface area contributed by atoms with Crippen LogP contribution >= 0.6 is 11.6 Å². The van der Waals surface area contributed by atoms with Gasteiger partial charge in [0.2, 0.25) is 0 Å². The van der Waals surface area contributed by atoms with Crippen LogP contribution < -0.4 is 0 Å². The van der Waals surface area contributed by atoms with Gasteiger partial charge in [-0.1, -0.05) is 81.4 Å². The third kappa shape index (κ3) is 3.49. The van der Waals surface area contributed by atoms with Crippen LogP contribution in [-0.4, -0.2) is 9.52 Å². The second-order valence-electron chi connectivity index (χ2n) is 6.27. The Hall–Kier alpha value is -1.05. The third-order valence-electron chi connectivity index (χ3n) is 3.24. The van der Waals surface area contributed by atoms with Crippen molar-refractivity contribution in [2.75, 3.05) is 0 Å². The maximum atomic E-state index is 7.14. The van der Waals surface area contributed by atoms with E-state index in [4.69, 9.17) is 11.6 Å². The number of rotatable bonds is 3. The van der Waals surface area contributed by atoms with E-state index in [1.54, 1.807) is 0 Å². The molecular weight excluding hydrogens is 268 g/mol. The van der Waals surface area contributed by atoms with Crippen LogP contribution in [0.2, 0.25) is 5.04 Å². The van der Waals surface area contributed by atoms with Gasteiger partial charge in [0.1, 0.15) is 0 Å². The minimum atomic E-state index is -0.564. The molecule has 0 spiro atoms. The molecular formula is C17H21ClSi. The van der Waals surface area contributed by atoms with Crippen molar-refractivity contribution in [3.8, 4) is 0 Å². The molecule has 0 nitrogen and oxygen atoms in total. The molecule has 0 radical (unpaired) electrons. The van der Waals surface area contributed by atoms with Crippen LogP contribution in [0.3, 0.4) is 0 Å². The zero-order valence-corrected chi connectivity index (χ0v) is 14.0. The van der Waals surface area contributed by atoms with Crippen molar-refractivity contribution in [3.63, 3.8) is 0 Å². The highest BCUT2D eigenvalue weighted by Crippen LogP contribution is 2.41. The fourth-order valence-corrected chi connectivity index (χ4v) is 6.30. The molecule has 0 saturated carbocycles. The minimum Gasteiger partial charge on any atom is -0.113 e. The molecule has 0 aromatic heterocycles. The summed E-state index contributed by atoms with van der Waals surface area (Å²) >= 11 is 7.14. The molecule has 0 amide bonds. The molecule has 2 rings (SSSR count). The van der Waals surface area contributed by atoms with E-state index in [9.17, 15) is 0 Å². The van der Waals surface area contributed by atoms with Crippen LogP contribution in [-0.2, 0) is 4.50 Å². The fourth-order valence-electron chi connectivity index (χ4n) is 2.51. The molecule has 2 heteroatoms. The SMILES string of the molecule is CC(C)(C)[SiH2]C(Cl)(c1ccccc1)c1ccccc1. The Bertz CT molecular complexity index is 474. The van der Waals surface area contributed by atoms with Gasteiger partial charge in [-0.25, -0.2) is 0 Å². The molecule has 2 aromatic rings. The van der Waals surface area contributed by atoms with Crippen molar-refractivity contribution < 1.29 is 0 Å². The van der Waals surface area contributed by atoms with E-state index in [1.807, 2.05) is 12.1 Å². The van der Waals surface area contributed by atoms with Crippen LogP contribution in [0, 0.1) is 0 Å². The molecule has 0 aliphatic rings. The van der Waals surface area contributed by atoms with E-state index in [1.165, 1.54) is 11.1 Å². The fraction of sp³-hybridized carbons (Fsp3) is 0.294. The van der Waals surface area contributed by atoms with Gasteiger partial charge in [0.05, 0.1) is 14.0 Å². The highest BCUT2D eigenvalue weighted by atomic mass is 35.5. The first kappa shape index (κ1) is 14.4. The summed E-state index contributed by atoms with van der Waals surface area (Å²) in [7, 11) is -0.564. The molecule has 0 atom stereocenters. The van der Waals surface area contributed by atoms with Crippen molar-refractivity contribution >= 4 is 21.1 Å². The van der Waals surface area contributed by atoms with Gasteiger partial charge >= 0.3 is 0 Å². The van der Waals surface area contributed by atoms with Gasteiger partial charge in [-0.3, -0.25) is 0 Å². The summed E-state index contributed by atoms with van der Waals surface area (Å²) < 4.78 is -0.319. The number of hydrogen-bond donors (Lipinski definition) is 0. The highest BCUT2D eigenvalue weighted by molar-refractivity contribution is 6.60. The van der Waals surface area contributed by atoms with Gasteiger partial charge in [-0.15, -0.1) is 11.6 Å². The number of hydrogen-bond acceptors (Lipinski definition) is 0. The summed E-state index contributed by atoms with van der Waals surface area (Å²) in [6, 6.07) is 21.0. The van der Waals surface area contributed by atoms with Gasteiger partial charge in [-0.2, -0.15) is 0 Å². The molecule has 0 N–H and O–H groups in total. The smallest absolute Gasteiger partial charge is 0.0789 e. The van der Waals surface area contributed by atoms with Gasteiger partial charge in [-0.05, 0) is 16.2 Å². The van der Waals surface area contributed by atoms with E-state index >= 15 is 0 Å². The second kappa shape index (κ2) is 5.52. The number of halogens is 1. The summed E-state index contributed by atoms with van der Waals surface area (Å²) in [6.07, 6.45) is 0. The maximum absolute atomic E-state index is 7.14. The largest absolute Gasteiger partial charge is 0.113 e. The standard InChI is InChI=1S/C17H21ClSi/c1-16(2,3)19-17(18,14-10-6-4-7-11-14)15-12-8-5-9-13-15/h4-13H,19H2,1-3H3. The lowest BCUT2D eigenvalue weighted by Gasteiger charge is -2.34. The van der Waals surface area contributed by atoms with Crippen LogP contribution in [0.25, 0.3) is 0 Å². The summed E-state index contributed by atoms with van der Waals surface area (Å²) in [5.41, 5.74) is 2.45. The summed E-state index contributed by atoms with van der Waals surface area (Å²) in [5, 5.41) is 0.299. The zero-order valence-electron chi connectivity index (χ0n) is 11.9. The van der Waals surface area contributed by atoms with E-state index in [-0.39, 0.29) is 4.50 Å². The number of alkyl halides is 1. The number of benzene rings is 2. The molecule has 19 heavy (non-hydrogen) atoms. The molecule has 0 saturated heterocycles. The molecule has 0 aliphatic carbocycles. The first-order valence-corrected chi connectivity index (χ1v) is 8.51. The van der Waals surface area contributed by atoms with Gasteiger partial charge < -0.3 is 0 Å². The van der Waals surface area contributed by atoms with Crippen molar-refractivity contribution in [1.82, 2.24) is 0 Å². The normalized spacial score (nSPS) is 13.1. The first-order chi connectivity index (χ1) is 8.92. The average molecular weight is 289 g/mol. The molecule has 2 aromatic carbocycles. The molecule has 0 bridgehead atoms. The van der Waals surface area contributed by atoms with Crippen LogP contribution in [0.1, 0.15) is 31.9 Å². The monoisotopic (exact) mass is 288 g/mol. The van der Waals surface area contributed by atoms with E-state index in [0.717, 1.165) is 0 Å². The molecule has 0 unspecified atom stereocenters. The van der Waals surface area contributed by atoms with Crippen molar-refractivity contribution in [2.45, 2.75) is 30.3 Å². The van der Waals surface area contributed by atoms with E-state index in [2.05, 4.69) is 69.3 Å². The Kier molecular flexibility index (Phi) is 4.17. The predicted molar refractivity (Wildman–Crippen MR) is 87.8 cm³/mol. The minimum absolute atomic E-state index is 0.299. The van der Waals surface area contributed by atoms with Crippen molar-refractivity contribution in [1.29, 1.82) is 0 Å². The van der Waals surface area contributed by atoms with Crippen molar-refractivity contribution in [2.24, 2.45) is 0 Å². The molecule has 0 heterocycles. The van der Waals surface area contributed by atoms with E-state index in [0.29, 0.717) is 5.04 Å². The Morgan fingerprint density at radius 2 is 1.11 bits per heavy atom. The van der Waals surface area contributed by atoms with Crippen molar-refractivity contribution in [3.05, 3.63) is 71.8 Å². The zero-order chi connectivity index (χ0) is 13.9. The first-order valence-electron chi connectivity index (χ1n) is 6.72. The lowest BCUT2D eigenvalue weighted by atomic mass is 10.0. The molecule has 0 fully saturated rings. The summed E-state index contributed by atoms with van der Waals surface area (Å²) in [6.45, 7) is 6.88. The van der Waals surface area contributed by atoms with Crippen LogP contribution in [0.5, 0.6) is 0 Å². The predicted octanol–water partition coefficient (Wildman–Crippen LogP) is 4.51. The van der Waals surface area contributed by atoms with E-state index < -0.39 is 9.52 Å². The average Bonchev–Trinajstić information content (AvgIpc) is 2.39. The Morgan fingerprint density at radius 1 is 0.737 bits per heavy atom. The van der Waals surface area contributed by atoms with Gasteiger partial charge in [0, 0.05) is 0 Å². The molecule has 100 valence electrons. The maximum Gasteiger partial charge on any atom is 0.0789 e. The van der Waals surface area contributed by atoms with Gasteiger partial charge in [0.25, 0.3) is 0 Å². The van der Waals surface area contributed by atoms with Crippen LogP contribution in [0.4, 0.5) is 0 Å². The lowest BCUT2D eigenvalue weighted by Crippen LogP contribution is -2.33. The Balaban J connectivity index is 2.51. The van der Waals surface area contributed by atoms with Gasteiger partial charge in [0.15, 0.2) is 0 Å². The Labute approximate surface area is 123 Å². The molecule has 0 aliphatic heterocycles. The second-order valence-corrected chi connectivity index (χ2v) is 10.9. The topological polar surface area (TPSA) is 0 Å². The lowest BCUT2D eigenvalue weighted by molar-refractivity contribution is 0.731.